The number of pyridine rings is 1. The van der Waals surface area contributed by atoms with Gasteiger partial charge in [0.15, 0.2) is 21.8 Å². The van der Waals surface area contributed by atoms with Gasteiger partial charge in [-0.2, -0.15) is 18.2 Å². The van der Waals surface area contributed by atoms with E-state index in [1.54, 1.807) is 29.2 Å². The summed E-state index contributed by atoms with van der Waals surface area (Å²) in [7, 11) is -3.34. The van der Waals surface area contributed by atoms with E-state index in [-0.39, 0.29) is 28.8 Å². The van der Waals surface area contributed by atoms with Gasteiger partial charge in [-0.1, -0.05) is 42.5 Å². The Morgan fingerprint density at radius 3 is 2.33 bits per heavy atom. The lowest BCUT2D eigenvalue weighted by Crippen LogP contribution is -2.46. The molecule has 1 unspecified atom stereocenters. The van der Waals surface area contributed by atoms with Gasteiger partial charge in [-0.05, 0) is 37.1 Å². The Kier molecular flexibility index (Phi) is 7.27. The molecule has 1 aliphatic rings. The number of halogens is 3. The van der Waals surface area contributed by atoms with Gasteiger partial charge in [-0.15, -0.1) is 0 Å². The largest absolute Gasteiger partial charge is 0.457 e. The van der Waals surface area contributed by atoms with Crippen LogP contribution in [0.25, 0.3) is 21.6 Å². The van der Waals surface area contributed by atoms with E-state index in [4.69, 9.17) is 9.26 Å². The van der Waals surface area contributed by atoms with Crippen LogP contribution in [0.2, 0.25) is 0 Å². The van der Waals surface area contributed by atoms with Crippen LogP contribution in [0.15, 0.2) is 45.8 Å². The van der Waals surface area contributed by atoms with Gasteiger partial charge in [-0.3, -0.25) is 0 Å². The highest BCUT2D eigenvalue weighted by molar-refractivity contribution is 7.90. The smallest absolute Gasteiger partial charge is 0.425 e. The number of aromatic nitrogens is 4. The number of alkyl halides is 3. The number of thiazole rings is 1. The lowest BCUT2D eigenvalue weighted by atomic mass is 9.91. The normalized spacial score (nSPS) is 16.2. The monoisotopic (exact) mass is 581 g/mol. The van der Waals surface area contributed by atoms with E-state index in [2.05, 4.69) is 20.1 Å². The van der Waals surface area contributed by atoms with Gasteiger partial charge in [0.05, 0.1) is 10.6 Å². The number of nitrogens with zero attached hydrogens (tertiary/aromatic N) is 5. The molecule has 5 rings (SSSR count). The molecule has 0 N–H and O–H groups in total. The highest BCUT2D eigenvalue weighted by atomic mass is 32.2. The first-order valence-corrected chi connectivity index (χ1v) is 15.0. The number of fused-ring (bicyclic) bond motifs is 1. The molecule has 39 heavy (non-hydrogen) atoms. The van der Waals surface area contributed by atoms with Crippen LogP contribution in [-0.4, -0.2) is 60.2 Å². The Bertz CT molecular complexity index is 1560. The second kappa shape index (κ2) is 10.4. The maximum Gasteiger partial charge on any atom is 0.425 e. The number of hydrogen-bond acceptors (Lipinski definition) is 10. The van der Waals surface area contributed by atoms with Gasteiger partial charge < -0.3 is 14.2 Å². The van der Waals surface area contributed by atoms with Crippen molar-refractivity contribution in [3.05, 3.63) is 42.2 Å². The second-order valence-electron chi connectivity index (χ2n) is 9.79. The van der Waals surface area contributed by atoms with Gasteiger partial charge in [0.1, 0.15) is 10.3 Å². The maximum atomic E-state index is 14.1. The molecule has 4 heterocycles. The summed E-state index contributed by atoms with van der Waals surface area (Å²) in [6.45, 7) is 4.54. The average Bonchev–Trinajstić information content (AvgIpc) is 3.53. The van der Waals surface area contributed by atoms with Gasteiger partial charge >= 0.3 is 12.2 Å². The van der Waals surface area contributed by atoms with Crippen LogP contribution in [-0.2, 0) is 9.84 Å². The van der Waals surface area contributed by atoms with Crippen LogP contribution < -0.4 is 9.64 Å². The van der Waals surface area contributed by atoms with Crippen molar-refractivity contribution in [1.82, 2.24) is 20.1 Å². The Hall–Kier alpha value is -3.26. The first-order chi connectivity index (χ1) is 18.4. The highest BCUT2D eigenvalue weighted by Gasteiger charge is 2.48. The zero-order chi connectivity index (χ0) is 27.9. The molecule has 0 aliphatic carbocycles. The summed E-state index contributed by atoms with van der Waals surface area (Å²) >= 11 is 0.941. The van der Waals surface area contributed by atoms with E-state index in [0.29, 0.717) is 46.5 Å². The molecule has 1 fully saturated rings. The molecule has 208 valence electrons. The van der Waals surface area contributed by atoms with E-state index < -0.39 is 28.0 Å². The quantitative estimate of drug-likeness (QED) is 0.280. The summed E-state index contributed by atoms with van der Waals surface area (Å²) < 4.78 is 76.5. The molecule has 0 radical (unpaired) electrons. The van der Waals surface area contributed by atoms with Crippen LogP contribution >= 0.6 is 11.3 Å². The van der Waals surface area contributed by atoms with E-state index in [9.17, 15) is 21.6 Å². The Balaban J connectivity index is 1.31. The molecular formula is C25H26F3N5O4S2. The number of hydrogen-bond donors (Lipinski definition) is 0. The van der Waals surface area contributed by atoms with Crippen LogP contribution in [0, 0.1) is 5.92 Å². The van der Waals surface area contributed by atoms with Crippen LogP contribution in [0.1, 0.15) is 38.4 Å². The molecule has 0 saturated carbocycles. The number of sulfone groups is 1. The molecule has 1 aromatic carbocycles. The first-order valence-electron chi connectivity index (χ1n) is 12.3. The summed E-state index contributed by atoms with van der Waals surface area (Å²) in [6.07, 6.45) is -5.00. The predicted octanol–water partition coefficient (Wildman–Crippen LogP) is 5.49. The second-order valence-corrected chi connectivity index (χ2v) is 12.7. The Labute approximate surface area is 226 Å². The first kappa shape index (κ1) is 27.3. The average molecular weight is 582 g/mol. The predicted molar refractivity (Wildman–Crippen MR) is 140 cm³/mol. The van der Waals surface area contributed by atoms with Gasteiger partial charge in [0.25, 0.3) is 5.19 Å². The van der Waals surface area contributed by atoms with Gasteiger partial charge in [0.2, 0.25) is 0 Å². The van der Waals surface area contributed by atoms with Crippen molar-refractivity contribution in [1.29, 1.82) is 0 Å². The van der Waals surface area contributed by atoms with Crippen molar-refractivity contribution in [2.75, 3.05) is 24.2 Å². The molecule has 0 bridgehead atoms. The minimum Gasteiger partial charge on any atom is -0.457 e. The molecule has 3 aromatic heterocycles. The minimum absolute atomic E-state index is 0.0860. The van der Waals surface area contributed by atoms with Crippen molar-refractivity contribution < 1.29 is 30.8 Å². The van der Waals surface area contributed by atoms with Crippen LogP contribution in [0.4, 0.5) is 19.2 Å². The topological polar surface area (TPSA) is 111 Å². The van der Waals surface area contributed by atoms with E-state index in [0.717, 1.165) is 17.6 Å². The van der Waals surface area contributed by atoms with Crippen LogP contribution in [0.5, 0.6) is 5.19 Å². The molecule has 0 amide bonds. The third-order valence-corrected chi connectivity index (χ3v) is 8.53. The van der Waals surface area contributed by atoms with E-state index in [1.807, 2.05) is 13.8 Å². The van der Waals surface area contributed by atoms with Gasteiger partial charge in [-0.25, -0.2) is 18.4 Å². The Morgan fingerprint density at radius 1 is 1.05 bits per heavy atom. The standard InChI is InChI=1S/C25H26F3N5O4S2/c1-14(2)21-31-23(37-32-21)33-12-10-16(11-13-33)20(25(26,27)28)36-24-30-19-9-8-18(29-22(19)38-24)15-4-6-17(7-5-15)39(3,34)35/h4-9,14,16,20H,10-13H2,1-3H3. The zero-order valence-corrected chi connectivity index (χ0v) is 23.0. The molecule has 9 nitrogen and oxygen atoms in total. The minimum atomic E-state index is -4.58. The summed E-state index contributed by atoms with van der Waals surface area (Å²) in [5, 5.41) is 3.82. The molecule has 1 atom stereocenters. The summed E-state index contributed by atoms with van der Waals surface area (Å²) in [4.78, 5) is 15.5. The fourth-order valence-electron chi connectivity index (χ4n) is 4.40. The molecule has 14 heteroatoms. The number of piperidine rings is 1. The third kappa shape index (κ3) is 6.01. The van der Waals surface area contributed by atoms with Crippen molar-refractivity contribution in [2.45, 2.75) is 49.8 Å². The summed E-state index contributed by atoms with van der Waals surface area (Å²) in [6, 6.07) is 9.89. The fraction of sp³-hybridized carbons (Fsp3) is 0.440. The highest BCUT2D eigenvalue weighted by Crippen LogP contribution is 2.38. The number of anilines is 1. The number of ether oxygens (including phenoxy) is 1. The molecular weight excluding hydrogens is 555 g/mol. The lowest BCUT2D eigenvalue weighted by molar-refractivity contribution is -0.211. The zero-order valence-electron chi connectivity index (χ0n) is 21.3. The number of rotatable bonds is 7. The van der Waals surface area contributed by atoms with Crippen molar-refractivity contribution in [3.8, 4) is 16.5 Å². The van der Waals surface area contributed by atoms with E-state index >= 15 is 0 Å². The molecule has 0 spiro atoms. The Morgan fingerprint density at radius 2 is 1.74 bits per heavy atom. The SMILES string of the molecule is CC(C)c1noc(N2CCC(C(Oc3nc4ccc(-c5ccc(S(C)(=O)=O)cc5)nc4s3)C(F)(F)F)CC2)n1. The van der Waals surface area contributed by atoms with Crippen LogP contribution in [0.3, 0.4) is 0 Å². The lowest BCUT2D eigenvalue weighted by Gasteiger charge is -2.35. The van der Waals surface area contributed by atoms with E-state index in [1.165, 1.54) is 12.1 Å². The van der Waals surface area contributed by atoms with Crippen molar-refractivity contribution >= 4 is 37.5 Å². The summed E-state index contributed by atoms with van der Waals surface area (Å²) in [5.74, 6) is -0.123. The van der Waals surface area contributed by atoms with Gasteiger partial charge in [0, 0.05) is 36.7 Å². The molecule has 1 saturated heterocycles. The molecule has 4 aromatic rings. The number of benzene rings is 1. The maximum absolute atomic E-state index is 14.1. The molecule has 1 aliphatic heterocycles. The fourth-order valence-corrected chi connectivity index (χ4v) is 5.86. The van der Waals surface area contributed by atoms with Crippen molar-refractivity contribution in [2.24, 2.45) is 5.92 Å². The van der Waals surface area contributed by atoms with Crippen molar-refractivity contribution in [3.63, 3.8) is 0 Å². The summed E-state index contributed by atoms with van der Waals surface area (Å²) in [5.41, 5.74) is 1.63. The third-order valence-electron chi connectivity index (χ3n) is 6.55.